The Balaban J connectivity index is 1.72. The lowest BCUT2D eigenvalue weighted by Gasteiger charge is -2.45. The van der Waals surface area contributed by atoms with E-state index in [1.165, 1.54) is 0 Å². The highest BCUT2D eigenvalue weighted by molar-refractivity contribution is 5.88. The van der Waals surface area contributed by atoms with Gasteiger partial charge in [0.1, 0.15) is 24.4 Å². The average molecular weight is 394 g/mol. The molecule has 0 aromatic heterocycles. The SMILES string of the molecule is CCC[N+]1(C)CCN(F)C([C@H](Oc2cccc3ccccc23)c2ccccc2)C1. The van der Waals surface area contributed by atoms with Gasteiger partial charge in [0.2, 0.25) is 0 Å². The molecule has 152 valence electrons. The summed E-state index contributed by atoms with van der Waals surface area (Å²) in [6.07, 6.45) is 0.719. The second-order valence-corrected chi connectivity index (χ2v) is 8.37. The first-order valence-corrected chi connectivity index (χ1v) is 10.5. The van der Waals surface area contributed by atoms with Crippen LogP contribution in [0.3, 0.4) is 0 Å². The van der Waals surface area contributed by atoms with Crippen LogP contribution in [0.1, 0.15) is 25.0 Å². The van der Waals surface area contributed by atoms with E-state index in [4.69, 9.17) is 4.74 Å². The van der Waals surface area contributed by atoms with Crippen LogP contribution in [0.5, 0.6) is 5.75 Å². The number of benzene rings is 3. The van der Waals surface area contributed by atoms with Crippen molar-refractivity contribution in [2.24, 2.45) is 0 Å². The Kier molecular flexibility index (Phi) is 5.84. The largest absolute Gasteiger partial charge is 0.483 e. The Morgan fingerprint density at radius 3 is 2.55 bits per heavy atom. The van der Waals surface area contributed by atoms with Crippen LogP contribution in [0.2, 0.25) is 0 Å². The molecule has 29 heavy (non-hydrogen) atoms. The molecular weight excluding hydrogens is 363 g/mol. The quantitative estimate of drug-likeness (QED) is 0.411. The van der Waals surface area contributed by atoms with E-state index >= 15 is 4.48 Å². The smallest absolute Gasteiger partial charge is 0.147 e. The highest BCUT2D eigenvalue weighted by atomic mass is 19.2. The number of rotatable bonds is 6. The molecule has 1 saturated heterocycles. The van der Waals surface area contributed by atoms with Crippen LogP contribution >= 0.6 is 0 Å². The van der Waals surface area contributed by atoms with E-state index in [1.807, 2.05) is 54.6 Å². The second-order valence-electron chi connectivity index (χ2n) is 8.37. The van der Waals surface area contributed by atoms with Crippen molar-refractivity contribution < 1.29 is 13.7 Å². The van der Waals surface area contributed by atoms with E-state index in [2.05, 4.69) is 32.2 Å². The maximum atomic E-state index is 15.1. The fraction of sp³-hybridized carbons (Fsp3) is 0.360. The lowest BCUT2D eigenvalue weighted by atomic mass is 9.98. The van der Waals surface area contributed by atoms with Crippen LogP contribution < -0.4 is 4.74 Å². The molecule has 0 amide bonds. The minimum Gasteiger partial charge on any atom is -0.483 e. The van der Waals surface area contributed by atoms with Crippen molar-refractivity contribution in [1.82, 2.24) is 5.12 Å². The molecule has 1 heterocycles. The zero-order valence-electron chi connectivity index (χ0n) is 17.3. The average Bonchev–Trinajstić information content (AvgIpc) is 2.75. The van der Waals surface area contributed by atoms with E-state index in [-0.39, 0.29) is 12.1 Å². The molecule has 0 bridgehead atoms. The third-order valence-corrected chi connectivity index (χ3v) is 6.09. The van der Waals surface area contributed by atoms with Crippen molar-refractivity contribution in [3.05, 3.63) is 78.4 Å². The van der Waals surface area contributed by atoms with Gasteiger partial charge in [0.05, 0.1) is 26.7 Å². The van der Waals surface area contributed by atoms with Crippen LogP contribution in [0, 0.1) is 0 Å². The molecule has 1 fully saturated rings. The van der Waals surface area contributed by atoms with Crippen molar-refractivity contribution in [2.45, 2.75) is 25.5 Å². The van der Waals surface area contributed by atoms with Gasteiger partial charge in [-0.1, -0.05) is 73.7 Å². The van der Waals surface area contributed by atoms with Crippen molar-refractivity contribution in [3.63, 3.8) is 0 Å². The Bertz CT molecular complexity index is 942. The van der Waals surface area contributed by atoms with Crippen LogP contribution in [0.15, 0.2) is 72.8 Å². The second kappa shape index (κ2) is 8.52. The predicted molar refractivity (Wildman–Crippen MR) is 116 cm³/mol. The van der Waals surface area contributed by atoms with E-state index < -0.39 is 0 Å². The fourth-order valence-corrected chi connectivity index (χ4v) is 4.57. The number of hydrogen-bond donors (Lipinski definition) is 0. The number of quaternary nitrogens is 1. The van der Waals surface area contributed by atoms with Crippen LogP contribution in [-0.2, 0) is 0 Å². The van der Waals surface area contributed by atoms with E-state index in [0.717, 1.165) is 57.7 Å². The fourth-order valence-electron chi connectivity index (χ4n) is 4.57. The summed E-state index contributed by atoms with van der Waals surface area (Å²) in [7, 11) is 2.24. The van der Waals surface area contributed by atoms with Gasteiger partial charge in [-0.05, 0) is 23.4 Å². The predicted octanol–water partition coefficient (Wildman–Crippen LogP) is 5.39. The molecule has 3 aromatic carbocycles. The maximum absolute atomic E-state index is 15.1. The molecule has 0 radical (unpaired) electrons. The number of ether oxygens (including phenoxy) is 1. The lowest BCUT2D eigenvalue weighted by Crippen LogP contribution is -2.62. The number of nitrogens with zero attached hydrogens (tertiary/aromatic N) is 2. The van der Waals surface area contributed by atoms with E-state index in [0.29, 0.717) is 6.54 Å². The molecule has 0 spiro atoms. The molecule has 3 nitrogen and oxygen atoms in total. The standard InChI is InChI=1S/C25H30FN2O/c1-3-17-28(2)18-16-27(26)23(19-28)25(21-11-5-4-6-12-21)29-24-15-9-13-20-10-7-8-14-22(20)24/h4-15,23,25H,3,16-19H2,1-2H3/q+1/t23?,25-,28?/m1/s1. The normalized spacial score (nSPS) is 23.8. The summed E-state index contributed by atoms with van der Waals surface area (Å²) in [5.41, 5.74) is 1.01. The number of likely N-dealkylation sites (N-methyl/N-ethyl adjacent to an activating group) is 1. The van der Waals surface area contributed by atoms with E-state index in [9.17, 15) is 0 Å². The van der Waals surface area contributed by atoms with Gasteiger partial charge in [-0.2, -0.15) is 0 Å². The maximum Gasteiger partial charge on any atom is 0.147 e. The third kappa shape index (κ3) is 4.29. The summed E-state index contributed by atoms with van der Waals surface area (Å²) in [6, 6.07) is 24.0. The third-order valence-electron chi connectivity index (χ3n) is 6.09. The first kappa shape index (κ1) is 19.9. The summed E-state index contributed by atoms with van der Waals surface area (Å²) >= 11 is 0. The summed E-state index contributed by atoms with van der Waals surface area (Å²) in [5, 5.41) is 3.19. The van der Waals surface area contributed by atoms with Crippen molar-refractivity contribution in [1.29, 1.82) is 0 Å². The summed E-state index contributed by atoms with van der Waals surface area (Å²) < 4.78 is 22.6. The highest BCUT2D eigenvalue weighted by Gasteiger charge is 2.42. The molecule has 3 aromatic rings. The minimum atomic E-state index is -0.374. The van der Waals surface area contributed by atoms with Gasteiger partial charge < -0.3 is 9.22 Å². The highest BCUT2D eigenvalue weighted by Crippen LogP contribution is 2.35. The number of piperazine rings is 1. The molecule has 0 N–H and O–H groups in total. The molecule has 4 rings (SSSR count). The number of hydrogen-bond acceptors (Lipinski definition) is 2. The molecule has 4 heteroatoms. The summed E-state index contributed by atoms with van der Waals surface area (Å²) in [4.78, 5) is 0. The van der Waals surface area contributed by atoms with Crippen molar-refractivity contribution in [3.8, 4) is 5.75 Å². The molecular formula is C25H30FN2O+. The van der Waals surface area contributed by atoms with Gasteiger partial charge in [-0.3, -0.25) is 0 Å². The lowest BCUT2D eigenvalue weighted by molar-refractivity contribution is -0.918. The molecule has 0 saturated carbocycles. The number of fused-ring (bicyclic) bond motifs is 1. The van der Waals surface area contributed by atoms with Crippen molar-refractivity contribution in [2.75, 3.05) is 33.2 Å². The van der Waals surface area contributed by atoms with Gasteiger partial charge in [-0.15, -0.1) is 9.60 Å². The topological polar surface area (TPSA) is 12.5 Å². The molecule has 2 unspecified atom stereocenters. The van der Waals surface area contributed by atoms with Gasteiger partial charge in [0.25, 0.3) is 0 Å². The van der Waals surface area contributed by atoms with Crippen molar-refractivity contribution >= 4 is 10.8 Å². The first-order valence-electron chi connectivity index (χ1n) is 10.5. The van der Waals surface area contributed by atoms with Gasteiger partial charge >= 0.3 is 0 Å². The zero-order valence-corrected chi connectivity index (χ0v) is 17.3. The Morgan fingerprint density at radius 1 is 1.03 bits per heavy atom. The van der Waals surface area contributed by atoms with Crippen LogP contribution in [-0.4, -0.2) is 48.9 Å². The van der Waals surface area contributed by atoms with Crippen LogP contribution in [0.25, 0.3) is 10.8 Å². The molecule has 1 aliphatic rings. The van der Waals surface area contributed by atoms with Crippen LogP contribution in [0.4, 0.5) is 4.48 Å². The van der Waals surface area contributed by atoms with Gasteiger partial charge in [0.15, 0.2) is 0 Å². The Labute approximate surface area is 172 Å². The molecule has 3 atom stereocenters. The minimum absolute atomic E-state index is 0.332. The van der Waals surface area contributed by atoms with Gasteiger partial charge in [-0.25, -0.2) is 0 Å². The summed E-state index contributed by atoms with van der Waals surface area (Å²) in [5.74, 6) is 0.806. The van der Waals surface area contributed by atoms with E-state index in [1.54, 1.807) is 0 Å². The monoisotopic (exact) mass is 393 g/mol. The Morgan fingerprint density at radius 2 is 1.76 bits per heavy atom. The molecule has 1 aliphatic heterocycles. The number of halogens is 1. The summed E-state index contributed by atoms with van der Waals surface area (Å²) in [6.45, 7) is 5.25. The van der Waals surface area contributed by atoms with Gasteiger partial charge in [0, 0.05) is 5.39 Å². The Hall–Kier alpha value is -2.43. The zero-order chi connectivity index (χ0) is 20.3. The molecule has 0 aliphatic carbocycles. The first-order chi connectivity index (χ1) is 14.1.